The molecule has 6 nitrogen and oxygen atoms in total. The van der Waals surface area contributed by atoms with E-state index in [-0.39, 0.29) is 18.1 Å². The number of amides is 1. The van der Waals surface area contributed by atoms with Crippen LogP contribution in [0.3, 0.4) is 0 Å². The molecule has 2 aromatic rings. The third-order valence-electron chi connectivity index (χ3n) is 3.56. The Kier molecular flexibility index (Phi) is 6.31. The van der Waals surface area contributed by atoms with Crippen molar-refractivity contribution in [1.29, 1.82) is 0 Å². The van der Waals surface area contributed by atoms with Crippen molar-refractivity contribution in [3.63, 3.8) is 0 Å². The zero-order valence-electron chi connectivity index (χ0n) is 14.2. The second-order valence-corrected chi connectivity index (χ2v) is 6.76. The number of hydrogen-bond acceptors (Lipinski definition) is 6. The van der Waals surface area contributed by atoms with Gasteiger partial charge in [0.25, 0.3) is 0 Å². The Bertz CT molecular complexity index is 900. The van der Waals surface area contributed by atoms with Crippen LogP contribution in [0, 0.1) is 5.82 Å². The van der Waals surface area contributed by atoms with E-state index in [0.29, 0.717) is 27.4 Å². The molecule has 0 aromatic heterocycles. The van der Waals surface area contributed by atoms with Gasteiger partial charge in [-0.1, -0.05) is 29.4 Å². The highest BCUT2D eigenvalue weighted by molar-refractivity contribution is 8.15. The molecule has 0 bridgehead atoms. The highest BCUT2D eigenvalue weighted by atomic mass is 35.5. The van der Waals surface area contributed by atoms with Crippen LogP contribution in [-0.4, -0.2) is 30.2 Å². The highest BCUT2D eigenvalue weighted by Crippen LogP contribution is 2.29. The van der Waals surface area contributed by atoms with Crippen molar-refractivity contribution in [3.8, 4) is 11.5 Å². The van der Waals surface area contributed by atoms with Gasteiger partial charge in [-0.15, -0.1) is 5.10 Å². The molecule has 0 radical (unpaired) electrons. The van der Waals surface area contributed by atoms with E-state index in [1.54, 1.807) is 24.3 Å². The molecule has 1 saturated heterocycles. The van der Waals surface area contributed by atoms with E-state index in [1.165, 1.54) is 37.2 Å². The summed E-state index contributed by atoms with van der Waals surface area (Å²) in [6.07, 6.45) is 1.53. The first-order valence-corrected chi connectivity index (χ1v) is 9.20. The van der Waals surface area contributed by atoms with Gasteiger partial charge in [-0.3, -0.25) is 4.79 Å². The van der Waals surface area contributed by atoms with Crippen LogP contribution in [0.1, 0.15) is 11.1 Å². The minimum Gasteiger partial charge on any atom is -0.493 e. The normalized spacial score (nSPS) is 15.4. The Morgan fingerprint density at radius 3 is 2.89 bits per heavy atom. The van der Waals surface area contributed by atoms with Crippen LogP contribution in [0.5, 0.6) is 11.5 Å². The number of benzene rings is 2. The summed E-state index contributed by atoms with van der Waals surface area (Å²) in [5, 5.41) is 11.2. The SMILES string of the molecule is COc1cc(C=NN=C2NC(=O)CS2)ccc1OCc1c(F)cccc1Cl. The minimum atomic E-state index is -0.429. The van der Waals surface area contributed by atoms with E-state index in [0.717, 1.165) is 5.56 Å². The van der Waals surface area contributed by atoms with Gasteiger partial charge < -0.3 is 14.8 Å². The zero-order valence-corrected chi connectivity index (χ0v) is 15.8. The first-order valence-electron chi connectivity index (χ1n) is 7.84. The van der Waals surface area contributed by atoms with Gasteiger partial charge in [-0.05, 0) is 35.9 Å². The number of amidine groups is 1. The average molecular weight is 408 g/mol. The smallest absolute Gasteiger partial charge is 0.236 e. The molecular formula is C18H15ClFN3O3S. The number of nitrogens with one attached hydrogen (secondary N) is 1. The van der Waals surface area contributed by atoms with Gasteiger partial charge in [-0.2, -0.15) is 5.10 Å². The quantitative estimate of drug-likeness (QED) is 0.586. The highest BCUT2D eigenvalue weighted by Gasteiger charge is 2.16. The molecule has 0 saturated carbocycles. The maximum atomic E-state index is 13.8. The van der Waals surface area contributed by atoms with Gasteiger partial charge in [0, 0.05) is 5.56 Å². The number of rotatable bonds is 6. The molecule has 1 amide bonds. The lowest BCUT2D eigenvalue weighted by Gasteiger charge is -2.12. The fourth-order valence-corrected chi connectivity index (χ4v) is 3.08. The van der Waals surface area contributed by atoms with Crippen LogP contribution < -0.4 is 14.8 Å². The molecule has 2 aromatic carbocycles. The van der Waals surface area contributed by atoms with Gasteiger partial charge in [0.05, 0.1) is 24.1 Å². The summed E-state index contributed by atoms with van der Waals surface area (Å²) in [4.78, 5) is 11.1. The summed E-state index contributed by atoms with van der Waals surface area (Å²) in [6, 6.07) is 9.62. The Labute approximate surface area is 164 Å². The van der Waals surface area contributed by atoms with E-state index < -0.39 is 5.82 Å². The molecule has 0 spiro atoms. The molecule has 1 heterocycles. The van der Waals surface area contributed by atoms with Crippen LogP contribution in [0.25, 0.3) is 0 Å². The fourth-order valence-electron chi connectivity index (χ4n) is 2.23. The van der Waals surface area contributed by atoms with Gasteiger partial charge in [0.15, 0.2) is 16.7 Å². The van der Waals surface area contributed by atoms with Crippen LogP contribution in [0.15, 0.2) is 46.6 Å². The maximum Gasteiger partial charge on any atom is 0.236 e. The third-order valence-corrected chi connectivity index (χ3v) is 4.78. The monoisotopic (exact) mass is 407 g/mol. The van der Waals surface area contributed by atoms with Crippen molar-refractivity contribution in [2.24, 2.45) is 10.2 Å². The van der Waals surface area contributed by atoms with E-state index in [2.05, 4.69) is 15.5 Å². The topological polar surface area (TPSA) is 72.3 Å². The van der Waals surface area contributed by atoms with Crippen molar-refractivity contribution < 1.29 is 18.7 Å². The molecule has 0 aliphatic carbocycles. The van der Waals surface area contributed by atoms with E-state index in [9.17, 15) is 9.18 Å². The van der Waals surface area contributed by atoms with Gasteiger partial charge in [0.1, 0.15) is 12.4 Å². The zero-order chi connectivity index (χ0) is 19.2. The van der Waals surface area contributed by atoms with Crippen molar-refractivity contribution in [1.82, 2.24) is 5.32 Å². The summed E-state index contributed by atoms with van der Waals surface area (Å²) in [5.74, 6) is 0.732. The van der Waals surface area contributed by atoms with Gasteiger partial charge in [-0.25, -0.2) is 4.39 Å². The lowest BCUT2D eigenvalue weighted by atomic mass is 10.2. The number of thioether (sulfide) groups is 1. The van der Waals surface area contributed by atoms with Crippen LogP contribution in [0.2, 0.25) is 5.02 Å². The number of nitrogens with zero attached hydrogens (tertiary/aromatic N) is 2. The summed E-state index contributed by atoms with van der Waals surface area (Å²) in [6.45, 7) is -0.0279. The molecule has 0 unspecified atom stereocenters. The first kappa shape index (κ1) is 19.2. The minimum absolute atomic E-state index is 0.0279. The first-order chi connectivity index (χ1) is 13.1. The standard InChI is InChI=1S/C18H15ClFN3O3S/c1-25-16-7-11(8-21-23-18-22-17(24)10-27-18)5-6-15(16)26-9-12-13(19)3-2-4-14(12)20/h2-8H,9-10H2,1H3,(H,22,23,24). The Morgan fingerprint density at radius 1 is 1.33 bits per heavy atom. The molecular weight excluding hydrogens is 393 g/mol. The number of carbonyl (C=O) groups is 1. The Morgan fingerprint density at radius 2 is 2.19 bits per heavy atom. The average Bonchev–Trinajstić information content (AvgIpc) is 3.07. The molecule has 140 valence electrons. The van der Waals surface area contributed by atoms with E-state index in [1.807, 2.05) is 0 Å². The van der Waals surface area contributed by atoms with Crippen molar-refractivity contribution in [2.75, 3.05) is 12.9 Å². The number of carbonyl (C=O) groups excluding carboxylic acids is 1. The second kappa shape index (κ2) is 8.88. The second-order valence-electron chi connectivity index (χ2n) is 5.39. The van der Waals surface area contributed by atoms with Gasteiger partial charge in [0.2, 0.25) is 5.91 Å². The number of methoxy groups -OCH3 is 1. The predicted molar refractivity (Wildman–Crippen MR) is 104 cm³/mol. The van der Waals surface area contributed by atoms with Crippen molar-refractivity contribution in [2.45, 2.75) is 6.61 Å². The number of hydrogen-bond donors (Lipinski definition) is 1. The molecule has 1 fully saturated rings. The number of ether oxygens (including phenoxy) is 2. The molecule has 0 atom stereocenters. The van der Waals surface area contributed by atoms with Crippen molar-refractivity contribution in [3.05, 3.63) is 58.4 Å². The van der Waals surface area contributed by atoms with Gasteiger partial charge >= 0.3 is 0 Å². The molecule has 1 aliphatic rings. The lowest BCUT2D eigenvalue weighted by Crippen LogP contribution is -2.19. The largest absolute Gasteiger partial charge is 0.493 e. The molecule has 27 heavy (non-hydrogen) atoms. The van der Waals surface area contributed by atoms with E-state index >= 15 is 0 Å². The summed E-state index contributed by atoms with van der Waals surface area (Å²) in [5.41, 5.74) is 1.00. The molecule has 9 heteroatoms. The maximum absolute atomic E-state index is 13.8. The van der Waals surface area contributed by atoms with E-state index in [4.69, 9.17) is 21.1 Å². The molecule has 1 N–H and O–H groups in total. The Hall–Kier alpha value is -2.58. The number of halogens is 2. The Balaban J connectivity index is 1.70. The predicted octanol–water partition coefficient (Wildman–Crippen LogP) is 3.62. The van der Waals surface area contributed by atoms with Crippen molar-refractivity contribution >= 4 is 40.7 Å². The summed E-state index contributed by atoms with van der Waals surface area (Å²) < 4.78 is 24.8. The molecule has 1 aliphatic heterocycles. The van der Waals surface area contributed by atoms with Crippen LogP contribution in [-0.2, 0) is 11.4 Å². The summed E-state index contributed by atoms with van der Waals surface area (Å²) >= 11 is 7.30. The molecule has 3 rings (SSSR count). The lowest BCUT2D eigenvalue weighted by molar-refractivity contribution is -0.116. The van der Waals surface area contributed by atoms with Crippen LogP contribution >= 0.6 is 23.4 Å². The van der Waals surface area contributed by atoms with Crippen LogP contribution in [0.4, 0.5) is 4.39 Å². The third kappa shape index (κ3) is 4.99. The summed E-state index contributed by atoms with van der Waals surface area (Å²) in [7, 11) is 1.50. The fraction of sp³-hybridized carbons (Fsp3) is 0.167.